The van der Waals surface area contributed by atoms with Gasteiger partial charge < -0.3 is 15.3 Å². The summed E-state index contributed by atoms with van der Waals surface area (Å²) in [7, 11) is 0. The van der Waals surface area contributed by atoms with Crippen molar-refractivity contribution in [3.05, 3.63) is 0 Å². The van der Waals surface area contributed by atoms with E-state index < -0.39 is 11.5 Å². The molecule has 0 radical (unpaired) electrons. The van der Waals surface area contributed by atoms with E-state index in [0.717, 1.165) is 25.8 Å². The smallest absolute Gasteiger partial charge is 0.329 e. The number of hydrogen-bond donors (Lipinski definition) is 2. The summed E-state index contributed by atoms with van der Waals surface area (Å²) in [5.74, 6) is -0.242. The van der Waals surface area contributed by atoms with E-state index in [1.807, 2.05) is 4.90 Å². The van der Waals surface area contributed by atoms with E-state index in [9.17, 15) is 14.7 Å². The van der Waals surface area contributed by atoms with Gasteiger partial charge in [0, 0.05) is 12.6 Å². The number of carbonyl (C=O) groups is 2. The maximum Gasteiger partial charge on any atom is 0.329 e. The second-order valence-electron chi connectivity index (χ2n) is 6.26. The summed E-state index contributed by atoms with van der Waals surface area (Å²) in [4.78, 5) is 25.6. The number of amides is 2. The molecule has 2 saturated carbocycles. The molecular formula is C14H22N2O3. The van der Waals surface area contributed by atoms with E-state index in [2.05, 4.69) is 5.32 Å². The van der Waals surface area contributed by atoms with E-state index in [4.69, 9.17) is 0 Å². The highest BCUT2D eigenvalue weighted by atomic mass is 16.4. The lowest BCUT2D eigenvalue weighted by Gasteiger charge is -2.43. The number of urea groups is 1. The summed E-state index contributed by atoms with van der Waals surface area (Å²) >= 11 is 0. The van der Waals surface area contributed by atoms with Crippen molar-refractivity contribution in [2.45, 2.75) is 62.9 Å². The molecule has 106 valence electrons. The third-order valence-electron chi connectivity index (χ3n) is 5.22. The van der Waals surface area contributed by atoms with Crippen LogP contribution in [0.3, 0.4) is 0 Å². The number of carboxylic acid groups (broad SMARTS) is 1. The summed E-state index contributed by atoms with van der Waals surface area (Å²) in [5, 5.41) is 12.1. The lowest BCUT2D eigenvalue weighted by atomic mass is 9.77. The number of nitrogens with one attached hydrogen (secondary N) is 1. The highest BCUT2D eigenvalue weighted by Gasteiger charge is 2.47. The van der Waals surface area contributed by atoms with Crippen LogP contribution >= 0.6 is 0 Å². The Bertz CT molecular complexity index is 392. The number of hydrogen-bond acceptors (Lipinski definition) is 2. The molecule has 0 aromatic carbocycles. The Morgan fingerprint density at radius 1 is 1.11 bits per heavy atom. The first-order valence-corrected chi connectivity index (χ1v) is 7.45. The first kappa shape index (κ1) is 12.8. The van der Waals surface area contributed by atoms with Crippen molar-refractivity contribution in [1.82, 2.24) is 10.2 Å². The fraction of sp³-hybridized carbons (Fsp3) is 0.857. The molecule has 2 amide bonds. The van der Waals surface area contributed by atoms with E-state index in [1.54, 1.807) is 0 Å². The van der Waals surface area contributed by atoms with Crippen molar-refractivity contribution in [3.8, 4) is 0 Å². The SMILES string of the molecule is O=C(NC1(C(=O)O)CCC1)N1CCCC2CCCC21. The van der Waals surface area contributed by atoms with Gasteiger partial charge in [0.25, 0.3) is 0 Å². The van der Waals surface area contributed by atoms with Crippen molar-refractivity contribution < 1.29 is 14.7 Å². The van der Waals surface area contributed by atoms with Gasteiger partial charge in [-0.15, -0.1) is 0 Å². The predicted molar refractivity (Wildman–Crippen MR) is 69.8 cm³/mol. The molecule has 0 aromatic rings. The third-order valence-corrected chi connectivity index (χ3v) is 5.22. The van der Waals surface area contributed by atoms with E-state index in [1.165, 1.54) is 19.3 Å². The van der Waals surface area contributed by atoms with Gasteiger partial charge in [-0.05, 0) is 50.9 Å². The van der Waals surface area contributed by atoms with Crippen LogP contribution in [0.2, 0.25) is 0 Å². The number of piperidine rings is 1. The Morgan fingerprint density at radius 2 is 1.84 bits per heavy atom. The van der Waals surface area contributed by atoms with Gasteiger partial charge >= 0.3 is 12.0 Å². The van der Waals surface area contributed by atoms with Gasteiger partial charge in [-0.3, -0.25) is 0 Å². The van der Waals surface area contributed by atoms with Crippen LogP contribution in [0.4, 0.5) is 4.79 Å². The molecule has 3 fully saturated rings. The van der Waals surface area contributed by atoms with Crippen molar-refractivity contribution in [3.63, 3.8) is 0 Å². The van der Waals surface area contributed by atoms with Crippen molar-refractivity contribution in [1.29, 1.82) is 0 Å². The van der Waals surface area contributed by atoms with Crippen LogP contribution in [-0.2, 0) is 4.79 Å². The van der Waals surface area contributed by atoms with Gasteiger partial charge in [-0.25, -0.2) is 9.59 Å². The highest BCUT2D eigenvalue weighted by molar-refractivity contribution is 5.87. The molecule has 5 heteroatoms. The summed E-state index contributed by atoms with van der Waals surface area (Å²) in [6.45, 7) is 0.780. The average Bonchev–Trinajstić information content (AvgIpc) is 2.80. The number of rotatable bonds is 2. The molecule has 0 aromatic heterocycles. The zero-order chi connectivity index (χ0) is 13.5. The van der Waals surface area contributed by atoms with Gasteiger partial charge in [-0.2, -0.15) is 0 Å². The maximum absolute atomic E-state index is 12.4. The number of nitrogens with zero attached hydrogens (tertiary/aromatic N) is 1. The number of likely N-dealkylation sites (tertiary alicyclic amines) is 1. The number of aliphatic carboxylic acids is 1. The second kappa shape index (κ2) is 4.69. The van der Waals surface area contributed by atoms with E-state index in [-0.39, 0.29) is 6.03 Å². The Kier molecular flexibility index (Phi) is 3.15. The quantitative estimate of drug-likeness (QED) is 0.802. The van der Waals surface area contributed by atoms with Crippen molar-refractivity contribution >= 4 is 12.0 Å². The van der Waals surface area contributed by atoms with Gasteiger partial charge in [-0.1, -0.05) is 6.42 Å². The van der Waals surface area contributed by atoms with E-state index >= 15 is 0 Å². The number of carbonyl (C=O) groups excluding carboxylic acids is 1. The minimum Gasteiger partial charge on any atom is -0.480 e. The molecule has 3 aliphatic rings. The second-order valence-corrected chi connectivity index (χ2v) is 6.26. The number of fused-ring (bicyclic) bond motifs is 1. The molecule has 2 atom stereocenters. The van der Waals surface area contributed by atoms with Crippen LogP contribution in [0, 0.1) is 5.92 Å². The minimum absolute atomic E-state index is 0.154. The van der Waals surface area contributed by atoms with Crippen LogP contribution in [0.15, 0.2) is 0 Å². The Labute approximate surface area is 113 Å². The molecule has 19 heavy (non-hydrogen) atoms. The predicted octanol–water partition coefficient (Wildman–Crippen LogP) is 1.97. The maximum atomic E-state index is 12.4. The topological polar surface area (TPSA) is 69.6 Å². The fourth-order valence-corrected chi connectivity index (χ4v) is 3.91. The largest absolute Gasteiger partial charge is 0.480 e. The zero-order valence-corrected chi connectivity index (χ0v) is 11.2. The Hall–Kier alpha value is -1.26. The van der Waals surface area contributed by atoms with Crippen LogP contribution in [0.25, 0.3) is 0 Å². The number of carboxylic acids is 1. The van der Waals surface area contributed by atoms with Crippen LogP contribution < -0.4 is 5.32 Å². The van der Waals surface area contributed by atoms with Crippen LogP contribution in [0.1, 0.15) is 51.4 Å². The lowest BCUT2D eigenvalue weighted by molar-refractivity contribution is -0.148. The molecule has 0 spiro atoms. The fourth-order valence-electron chi connectivity index (χ4n) is 3.91. The summed E-state index contributed by atoms with van der Waals surface area (Å²) in [6, 6.07) is 0.193. The molecule has 1 saturated heterocycles. The van der Waals surface area contributed by atoms with Gasteiger partial charge in [0.2, 0.25) is 0 Å². The zero-order valence-electron chi connectivity index (χ0n) is 11.2. The molecule has 1 heterocycles. The molecule has 3 rings (SSSR count). The Morgan fingerprint density at radius 3 is 2.47 bits per heavy atom. The summed E-state index contributed by atoms with van der Waals surface area (Å²) < 4.78 is 0. The third kappa shape index (κ3) is 2.09. The molecule has 0 bridgehead atoms. The lowest BCUT2D eigenvalue weighted by Crippen LogP contribution is -2.63. The summed E-state index contributed by atoms with van der Waals surface area (Å²) in [6.07, 6.45) is 7.79. The van der Waals surface area contributed by atoms with Gasteiger partial charge in [0.1, 0.15) is 5.54 Å². The Balaban J connectivity index is 1.68. The molecule has 5 nitrogen and oxygen atoms in total. The summed E-state index contributed by atoms with van der Waals surface area (Å²) in [5.41, 5.74) is -0.984. The normalized spacial score (nSPS) is 32.3. The van der Waals surface area contributed by atoms with Crippen LogP contribution in [0.5, 0.6) is 0 Å². The molecule has 2 N–H and O–H groups in total. The first-order chi connectivity index (χ1) is 9.12. The first-order valence-electron chi connectivity index (χ1n) is 7.45. The molecule has 1 aliphatic heterocycles. The molecule has 2 unspecified atom stereocenters. The standard InChI is InChI=1S/C14H22N2O3/c17-12(18)14(7-3-8-14)15-13(19)16-9-2-5-10-4-1-6-11(10)16/h10-11H,1-9H2,(H,15,19)(H,17,18). The average molecular weight is 266 g/mol. The highest BCUT2D eigenvalue weighted by Crippen LogP contribution is 2.38. The van der Waals surface area contributed by atoms with Crippen molar-refractivity contribution in [2.75, 3.05) is 6.54 Å². The van der Waals surface area contributed by atoms with Gasteiger partial charge in [0.05, 0.1) is 0 Å². The molecular weight excluding hydrogens is 244 g/mol. The van der Waals surface area contributed by atoms with E-state index in [0.29, 0.717) is 24.8 Å². The molecule has 2 aliphatic carbocycles. The monoisotopic (exact) mass is 266 g/mol. The van der Waals surface area contributed by atoms with Crippen molar-refractivity contribution in [2.24, 2.45) is 5.92 Å². The van der Waals surface area contributed by atoms with Crippen LogP contribution in [-0.4, -0.2) is 40.1 Å². The minimum atomic E-state index is -0.984. The van der Waals surface area contributed by atoms with Gasteiger partial charge in [0.15, 0.2) is 0 Å².